The van der Waals surface area contributed by atoms with E-state index in [9.17, 15) is 4.57 Å². The molecule has 2 nitrogen and oxygen atoms in total. The molecule has 0 amide bonds. The minimum Gasteiger partial charge on any atom is -0.145 e. The van der Waals surface area contributed by atoms with Crippen LogP contribution in [0.15, 0.2) is 60.7 Å². The highest BCUT2D eigenvalue weighted by molar-refractivity contribution is 7.39. The van der Waals surface area contributed by atoms with Gasteiger partial charge >= 0.3 is 8.03 Å². The standard InChI is InChI=1S/C17H20O2P/c1-2-17(16-11-7-4-8-12-16)20(18)19-14-13-15-9-5-3-6-10-15/h3-12,17H,2,13-14H2,1H3/q+1. The Bertz CT molecular complexity index is 525. The first-order valence-electron chi connectivity index (χ1n) is 6.99. The van der Waals surface area contributed by atoms with Gasteiger partial charge in [-0.3, -0.25) is 0 Å². The van der Waals surface area contributed by atoms with E-state index >= 15 is 0 Å². The van der Waals surface area contributed by atoms with Crippen LogP contribution in [0.3, 0.4) is 0 Å². The highest BCUT2D eigenvalue weighted by Crippen LogP contribution is 2.44. The molecule has 20 heavy (non-hydrogen) atoms. The molecule has 0 aromatic heterocycles. The molecule has 0 saturated heterocycles. The zero-order chi connectivity index (χ0) is 14.2. The highest BCUT2D eigenvalue weighted by Gasteiger charge is 2.32. The van der Waals surface area contributed by atoms with Gasteiger partial charge < -0.3 is 0 Å². The van der Waals surface area contributed by atoms with E-state index in [-0.39, 0.29) is 5.66 Å². The molecule has 2 aromatic rings. The van der Waals surface area contributed by atoms with Crippen LogP contribution in [0.5, 0.6) is 0 Å². The lowest BCUT2D eigenvalue weighted by Gasteiger charge is -2.04. The fraction of sp³-hybridized carbons (Fsp3) is 0.294. The molecule has 0 radical (unpaired) electrons. The van der Waals surface area contributed by atoms with Crippen molar-refractivity contribution in [1.29, 1.82) is 0 Å². The summed E-state index contributed by atoms with van der Waals surface area (Å²) in [4.78, 5) is 0. The largest absolute Gasteiger partial charge is 0.516 e. The summed E-state index contributed by atoms with van der Waals surface area (Å²) in [6.45, 7) is 2.55. The third kappa shape index (κ3) is 4.26. The molecule has 0 heterocycles. The smallest absolute Gasteiger partial charge is 0.145 e. The molecule has 0 spiro atoms. The zero-order valence-electron chi connectivity index (χ0n) is 11.7. The summed E-state index contributed by atoms with van der Waals surface area (Å²) in [5, 5.41) is 0. The number of rotatable bonds is 7. The van der Waals surface area contributed by atoms with Gasteiger partial charge in [0.05, 0.1) is 0 Å². The second kappa shape index (κ2) is 7.94. The summed E-state index contributed by atoms with van der Waals surface area (Å²) in [5.41, 5.74) is 2.29. The van der Waals surface area contributed by atoms with Crippen molar-refractivity contribution < 1.29 is 9.09 Å². The first-order chi connectivity index (χ1) is 9.81. The lowest BCUT2D eigenvalue weighted by molar-refractivity contribution is 0.326. The third-order valence-electron chi connectivity index (χ3n) is 3.28. The van der Waals surface area contributed by atoms with Gasteiger partial charge in [-0.15, -0.1) is 4.52 Å². The summed E-state index contributed by atoms with van der Waals surface area (Å²) in [7, 11) is -1.67. The van der Waals surface area contributed by atoms with Crippen LogP contribution in [0, 0.1) is 0 Å². The molecular formula is C17H20O2P+. The van der Waals surface area contributed by atoms with Crippen LogP contribution in [-0.4, -0.2) is 6.61 Å². The average Bonchev–Trinajstić information content (AvgIpc) is 2.50. The Morgan fingerprint density at radius 2 is 1.60 bits per heavy atom. The highest BCUT2D eigenvalue weighted by atomic mass is 31.1. The molecule has 0 aliphatic carbocycles. The molecule has 3 heteroatoms. The normalized spacial score (nSPS) is 12.9. The van der Waals surface area contributed by atoms with E-state index < -0.39 is 8.03 Å². The van der Waals surface area contributed by atoms with Crippen molar-refractivity contribution in [2.45, 2.75) is 25.4 Å². The Labute approximate surface area is 121 Å². The zero-order valence-corrected chi connectivity index (χ0v) is 12.6. The summed E-state index contributed by atoms with van der Waals surface area (Å²) in [6, 6.07) is 20.1. The molecule has 2 rings (SSSR count). The lowest BCUT2D eigenvalue weighted by Crippen LogP contribution is -1.98. The molecule has 0 saturated carbocycles. The fourth-order valence-corrected chi connectivity index (χ4v) is 3.33. The first kappa shape index (κ1) is 14.9. The maximum atomic E-state index is 12.3. The van der Waals surface area contributed by atoms with Crippen LogP contribution in [0.25, 0.3) is 0 Å². The van der Waals surface area contributed by atoms with Gasteiger partial charge in [0.1, 0.15) is 6.61 Å². The van der Waals surface area contributed by atoms with E-state index in [4.69, 9.17) is 4.52 Å². The van der Waals surface area contributed by atoms with Crippen molar-refractivity contribution in [3.05, 3.63) is 71.8 Å². The topological polar surface area (TPSA) is 26.3 Å². The van der Waals surface area contributed by atoms with E-state index in [1.54, 1.807) is 0 Å². The van der Waals surface area contributed by atoms with Crippen LogP contribution in [0.1, 0.15) is 30.1 Å². The lowest BCUT2D eigenvalue weighted by atomic mass is 10.1. The summed E-state index contributed by atoms with van der Waals surface area (Å²) in [5.74, 6) is 0. The SMILES string of the molecule is CCC(c1ccccc1)[P+](=O)OCCc1ccccc1. The number of hydrogen-bond donors (Lipinski definition) is 0. The van der Waals surface area contributed by atoms with Gasteiger partial charge in [0.15, 0.2) is 0 Å². The van der Waals surface area contributed by atoms with E-state index in [0.717, 1.165) is 18.4 Å². The van der Waals surface area contributed by atoms with Gasteiger partial charge in [0.25, 0.3) is 0 Å². The maximum Gasteiger partial charge on any atom is 0.516 e. The van der Waals surface area contributed by atoms with Crippen molar-refractivity contribution in [3.8, 4) is 0 Å². The summed E-state index contributed by atoms with van der Waals surface area (Å²) in [6.07, 6.45) is 1.62. The minimum atomic E-state index is -1.67. The van der Waals surface area contributed by atoms with Gasteiger partial charge in [0, 0.05) is 12.0 Å². The van der Waals surface area contributed by atoms with Crippen molar-refractivity contribution in [2.75, 3.05) is 6.61 Å². The Morgan fingerprint density at radius 3 is 2.20 bits per heavy atom. The van der Waals surface area contributed by atoms with Crippen molar-refractivity contribution in [1.82, 2.24) is 0 Å². The van der Waals surface area contributed by atoms with E-state index in [2.05, 4.69) is 12.1 Å². The van der Waals surface area contributed by atoms with E-state index in [1.165, 1.54) is 5.56 Å². The van der Waals surface area contributed by atoms with Gasteiger partial charge in [-0.2, -0.15) is 0 Å². The summed E-state index contributed by atoms with van der Waals surface area (Å²) >= 11 is 0. The van der Waals surface area contributed by atoms with Crippen molar-refractivity contribution >= 4 is 8.03 Å². The predicted molar refractivity (Wildman–Crippen MR) is 83.2 cm³/mol. The molecule has 2 unspecified atom stereocenters. The maximum absolute atomic E-state index is 12.3. The molecule has 2 atom stereocenters. The van der Waals surface area contributed by atoms with Crippen LogP contribution in [0.4, 0.5) is 0 Å². The number of hydrogen-bond acceptors (Lipinski definition) is 2. The van der Waals surface area contributed by atoms with Gasteiger partial charge in [-0.05, 0) is 16.5 Å². The Morgan fingerprint density at radius 1 is 1.00 bits per heavy atom. The Balaban J connectivity index is 1.87. The molecule has 0 fully saturated rings. The van der Waals surface area contributed by atoms with E-state index in [0.29, 0.717) is 6.61 Å². The molecule has 0 N–H and O–H groups in total. The molecule has 0 aliphatic rings. The van der Waals surface area contributed by atoms with Crippen LogP contribution >= 0.6 is 8.03 Å². The van der Waals surface area contributed by atoms with Crippen LogP contribution in [-0.2, 0) is 15.5 Å². The van der Waals surface area contributed by atoms with E-state index in [1.807, 2.05) is 55.5 Å². The summed E-state index contributed by atoms with van der Waals surface area (Å²) < 4.78 is 17.9. The van der Waals surface area contributed by atoms with Crippen LogP contribution < -0.4 is 0 Å². The average molecular weight is 287 g/mol. The van der Waals surface area contributed by atoms with Crippen molar-refractivity contribution in [3.63, 3.8) is 0 Å². The monoisotopic (exact) mass is 287 g/mol. The fourth-order valence-electron chi connectivity index (χ4n) is 2.17. The van der Waals surface area contributed by atoms with Crippen molar-refractivity contribution in [2.24, 2.45) is 0 Å². The third-order valence-corrected chi connectivity index (χ3v) is 4.89. The molecule has 0 aliphatic heterocycles. The molecule has 104 valence electrons. The number of benzene rings is 2. The Hall–Kier alpha value is -1.50. The second-order valence-electron chi connectivity index (χ2n) is 4.69. The quantitative estimate of drug-likeness (QED) is 0.659. The molecule has 0 bridgehead atoms. The second-order valence-corrected chi connectivity index (χ2v) is 6.14. The molecule has 2 aromatic carbocycles. The Kier molecular flexibility index (Phi) is 5.91. The van der Waals surface area contributed by atoms with Crippen LogP contribution in [0.2, 0.25) is 0 Å². The van der Waals surface area contributed by atoms with Gasteiger partial charge in [-0.25, -0.2) is 0 Å². The van der Waals surface area contributed by atoms with Gasteiger partial charge in [-0.1, -0.05) is 67.6 Å². The predicted octanol–water partition coefficient (Wildman–Crippen LogP) is 5.14. The minimum absolute atomic E-state index is 0.0121. The first-order valence-corrected chi connectivity index (χ1v) is 8.24. The molecular weight excluding hydrogens is 267 g/mol. The van der Waals surface area contributed by atoms with Gasteiger partial charge in [0.2, 0.25) is 5.66 Å².